The average molecular weight is 277 g/mol. The van der Waals surface area contributed by atoms with Crippen molar-refractivity contribution in [1.29, 1.82) is 0 Å². The Balaban J connectivity index is 2.40. The maximum atomic E-state index is 4.51. The van der Waals surface area contributed by atoms with Crippen molar-refractivity contribution in [3.05, 3.63) is 47.9 Å². The van der Waals surface area contributed by atoms with Crippen molar-refractivity contribution >= 4 is 15.9 Å². The molecule has 2 rings (SSSR count). The summed E-state index contributed by atoms with van der Waals surface area (Å²) in [6.45, 7) is 4.10. The summed E-state index contributed by atoms with van der Waals surface area (Å²) in [6, 6.07) is 10.3. The summed E-state index contributed by atoms with van der Waals surface area (Å²) >= 11 is 3.48. The minimum absolute atomic E-state index is 0.179. The lowest BCUT2D eigenvalue weighted by molar-refractivity contribution is 0.935. The van der Waals surface area contributed by atoms with Crippen LogP contribution in [0, 0.1) is 6.92 Å². The van der Waals surface area contributed by atoms with Crippen LogP contribution in [0.3, 0.4) is 0 Å². The van der Waals surface area contributed by atoms with Crippen molar-refractivity contribution < 1.29 is 0 Å². The number of benzene rings is 1. The van der Waals surface area contributed by atoms with Crippen LogP contribution >= 0.6 is 15.9 Å². The first-order valence-electron chi connectivity index (χ1n) is 5.21. The maximum absolute atomic E-state index is 4.51. The molecule has 0 radical (unpaired) electrons. The monoisotopic (exact) mass is 276 g/mol. The number of halogens is 1. The molecule has 1 aromatic carbocycles. The molecular weight excluding hydrogens is 264 g/mol. The number of nitrogens with zero attached hydrogens (tertiary/aromatic N) is 2. The Morgan fingerprint density at radius 3 is 2.44 bits per heavy atom. The Hall–Kier alpha value is -1.22. The van der Waals surface area contributed by atoms with Gasteiger partial charge in [0, 0.05) is 11.8 Å². The minimum atomic E-state index is 0.179. The fraction of sp³-hybridized carbons (Fsp3) is 0.231. The van der Waals surface area contributed by atoms with E-state index in [0.29, 0.717) is 0 Å². The van der Waals surface area contributed by atoms with Crippen LogP contribution in [0.2, 0.25) is 0 Å². The lowest BCUT2D eigenvalue weighted by Crippen LogP contribution is -1.96. The van der Waals surface area contributed by atoms with E-state index < -0.39 is 0 Å². The van der Waals surface area contributed by atoms with Crippen LogP contribution in [0.15, 0.2) is 36.5 Å². The second kappa shape index (κ2) is 4.74. The van der Waals surface area contributed by atoms with Crippen LogP contribution < -0.4 is 0 Å². The van der Waals surface area contributed by atoms with E-state index in [1.807, 2.05) is 13.0 Å². The molecule has 0 aliphatic rings. The van der Waals surface area contributed by atoms with Crippen molar-refractivity contribution in [2.75, 3.05) is 0 Å². The van der Waals surface area contributed by atoms with Gasteiger partial charge in [-0.3, -0.25) is 0 Å². The Labute approximate surface area is 104 Å². The smallest absolute Gasteiger partial charge is 0.142 e. The summed E-state index contributed by atoms with van der Waals surface area (Å²) in [7, 11) is 0. The van der Waals surface area contributed by atoms with Crippen LogP contribution in [0.4, 0.5) is 0 Å². The zero-order valence-electron chi connectivity index (χ0n) is 9.31. The summed E-state index contributed by atoms with van der Waals surface area (Å²) in [5.74, 6) is 0.818. The molecule has 0 saturated carbocycles. The van der Waals surface area contributed by atoms with Crippen LogP contribution in [-0.2, 0) is 0 Å². The topological polar surface area (TPSA) is 25.8 Å². The van der Waals surface area contributed by atoms with Gasteiger partial charge in [0.15, 0.2) is 0 Å². The van der Waals surface area contributed by atoms with Crippen molar-refractivity contribution in [2.24, 2.45) is 0 Å². The normalized spacial score (nSPS) is 12.4. The first-order chi connectivity index (χ1) is 7.66. The third kappa shape index (κ3) is 2.47. The second-order valence-electron chi connectivity index (χ2n) is 3.78. The second-order valence-corrected chi connectivity index (χ2v) is 5.16. The lowest BCUT2D eigenvalue weighted by atomic mass is 10.1. The van der Waals surface area contributed by atoms with Gasteiger partial charge in [0.2, 0.25) is 0 Å². The molecule has 0 bridgehead atoms. The standard InChI is InChI=1S/C13H13BrN2/c1-9-3-5-11(6-4-9)12-7-8-15-13(16-12)10(2)14/h3-8,10H,1-2H3. The van der Waals surface area contributed by atoms with E-state index in [4.69, 9.17) is 0 Å². The van der Waals surface area contributed by atoms with E-state index in [2.05, 4.69) is 57.1 Å². The maximum Gasteiger partial charge on any atom is 0.142 e. The zero-order chi connectivity index (χ0) is 11.5. The fourth-order valence-electron chi connectivity index (χ4n) is 1.45. The van der Waals surface area contributed by atoms with Crippen molar-refractivity contribution in [3.63, 3.8) is 0 Å². The van der Waals surface area contributed by atoms with Gasteiger partial charge in [-0.25, -0.2) is 9.97 Å². The van der Waals surface area contributed by atoms with Gasteiger partial charge in [0.1, 0.15) is 5.82 Å². The number of hydrogen-bond acceptors (Lipinski definition) is 2. The molecule has 16 heavy (non-hydrogen) atoms. The lowest BCUT2D eigenvalue weighted by Gasteiger charge is -2.05. The van der Waals surface area contributed by atoms with Crippen LogP contribution in [0.25, 0.3) is 11.3 Å². The molecule has 0 N–H and O–H groups in total. The number of alkyl halides is 1. The number of hydrogen-bond donors (Lipinski definition) is 0. The summed E-state index contributed by atoms with van der Waals surface area (Å²) in [5.41, 5.74) is 3.35. The quantitative estimate of drug-likeness (QED) is 0.778. The highest BCUT2D eigenvalue weighted by Crippen LogP contribution is 2.21. The Kier molecular flexibility index (Phi) is 3.34. The predicted molar refractivity (Wildman–Crippen MR) is 69.5 cm³/mol. The number of aromatic nitrogens is 2. The molecular formula is C13H13BrN2. The van der Waals surface area contributed by atoms with Gasteiger partial charge in [0.25, 0.3) is 0 Å². The van der Waals surface area contributed by atoms with Gasteiger partial charge in [-0.2, -0.15) is 0 Å². The van der Waals surface area contributed by atoms with Gasteiger partial charge in [-0.15, -0.1) is 0 Å². The number of rotatable bonds is 2. The molecule has 0 saturated heterocycles. The molecule has 2 aromatic rings. The highest BCUT2D eigenvalue weighted by Gasteiger charge is 2.06. The molecule has 0 amide bonds. The first kappa shape index (κ1) is 11.3. The first-order valence-corrected chi connectivity index (χ1v) is 6.12. The molecule has 0 aliphatic carbocycles. The Bertz CT molecular complexity index is 478. The van der Waals surface area contributed by atoms with Crippen LogP contribution in [0.1, 0.15) is 23.1 Å². The van der Waals surface area contributed by atoms with E-state index >= 15 is 0 Å². The van der Waals surface area contributed by atoms with Gasteiger partial charge in [-0.05, 0) is 19.9 Å². The van der Waals surface area contributed by atoms with Crippen LogP contribution in [0.5, 0.6) is 0 Å². The van der Waals surface area contributed by atoms with Crippen molar-refractivity contribution in [1.82, 2.24) is 9.97 Å². The third-order valence-corrected chi connectivity index (χ3v) is 2.79. The highest BCUT2D eigenvalue weighted by atomic mass is 79.9. The molecule has 0 spiro atoms. The fourth-order valence-corrected chi connectivity index (χ4v) is 1.67. The van der Waals surface area contributed by atoms with E-state index in [0.717, 1.165) is 17.1 Å². The van der Waals surface area contributed by atoms with E-state index in [1.54, 1.807) is 6.20 Å². The minimum Gasteiger partial charge on any atom is -0.240 e. The molecule has 1 aromatic heterocycles. The highest BCUT2D eigenvalue weighted by molar-refractivity contribution is 9.09. The number of aryl methyl sites for hydroxylation is 1. The zero-order valence-corrected chi connectivity index (χ0v) is 10.9. The molecule has 82 valence electrons. The van der Waals surface area contributed by atoms with Gasteiger partial charge < -0.3 is 0 Å². The Morgan fingerprint density at radius 1 is 1.12 bits per heavy atom. The van der Waals surface area contributed by atoms with Crippen molar-refractivity contribution in [2.45, 2.75) is 18.7 Å². The van der Waals surface area contributed by atoms with E-state index in [-0.39, 0.29) is 4.83 Å². The Morgan fingerprint density at radius 2 is 1.81 bits per heavy atom. The van der Waals surface area contributed by atoms with Crippen LogP contribution in [-0.4, -0.2) is 9.97 Å². The largest absolute Gasteiger partial charge is 0.240 e. The molecule has 3 heteroatoms. The summed E-state index contributed by atoms with van der Waals surface area (Å²) in [6.07, 6.45) is 1.80. The summed E-state index contributed by atoms with van der Waals surface area (Å²) in [5, 5.41) is 0. The van der Waals surface area contributed by atoms with Gasteiger partial charge in [0.05, 0.1) is 10.5 Å². The summed E-state index contributed by atoms with van der Waals surface area (Å²) in [4.78, 5) is 8.92. The third-order valence-electron chi connectivity index (χ3n) is 2.38. The molecule has 0 aliphatic heterocycles. The molecule has 1 unspecified atom stereocenters. The van der Waals surface area contributed by atoms with Crippen molar-refractivity contribution in [3.8, 4) is 11.3 Å². The molecule has 1 atom stereocenters. The molecule has 0 fully saturated rings. The molecule has 1 heterocycles. The van der Waals surface area contributed by atoms with E-state index in [1.165, 1.54) is 5.56 Å². The van der Waals surface area contributed by atoms with Gasteiger partial charge >= 0.3 is 0 Å². The average Bonchev–Trinajstić information content (AvgIpc) is 2.30. The predicted octanol–water partition coefficient (Wildman–Crippen LogP) is 3.91. The van der Waals surface area contributed by atoms with Gasteiger partial charge in [-0.1, -0.05) is 45.8 Å². The molecule has 2 nitrogen and oxygen atoms in total. The summed E-state index contributed by atoms with van der Waals surface area (Å²) < 4.78 is 0. The SMILES string of the molecule is Cc1ccc(-c2ccnc(C(C)Br)n2)cc1. The van der Waals surface area contributed by atoms with E-state index in [9.17, 15) is 0 Å².